The van der Waals surface area contributed by atoms with Crippen LogP contribution in [0, 0.1) is 0 Å². The van der Waals surface area contributed by atoms with Gasteiger partial charge in [-0.15, -0.1) is 10.2 Å². The maximum absolute atomic E-state index is 12.8. The summed E-state index contributed by atoms with van der Waals surface area (Å²) in [5, 5.41) is 18.7. The molecule has 0 bridgehead atoms. The number of aliphatic carboxylic acids is 1. The van der Waals surface area contributed by atoms with Gasteiger partial charge < -0.3 is 14.6 Å². The van der Waals surface area contributed by atoms with Crippen molar-refractivity contribution in [3.63, 3.8) is 0 Å². The lowest BCUT2D eigenvalue weighted by Crippen LogP contribution is -2.37. The zero-order chi connectivity index (χ0) is 24.9. The van der Waals surface area contributed by atoms with Gasteiger partial charge in [0.25, 0.3) is 0 Å². The SMILES string of the molecule is CCCCC(Oc1ccc(OC(C)(C)C(=O)O)cc1)c1nnc(-c2ccc(C(F)(F)F)cc2)s1. The summed E-state index contributed by atoms with van der Waals surface area (Å²) in [6, 6.07) is 11.4. The van der Waals surface area contributed by atoms with Gasteiger partial charge in [0, 0.05) is 5.56 Å². The molecule has 1 aromatic heterocycles. The number of halogens is 3. The normalized spacial score (nSPS) is 12.9. The highest BCUT2D eigenvalue weighted by molar-refractivity contribution is 7.14. The van der Waals surface area contributed by atoms with E-state index >= 15 is 0 Å². The van der Waals surface area contributed by atoms with E-state index in [9.17, 15) is 23.1 Å². The van der Waals surface area contributed by atoms with Crippen molar-refractivity contribution in [1.82, 2.24) is 10.2 Å². The molecular weight excluding hydrogens is 469 g/mol. The van der Waals surface area contributed by atoms with Gasteiger partial charge in [-0.2, -0.15) is 13.2 Å². The van der Waals surface area contributed by atoms with Crippen LogP contribution in [0.2, 0.25) is 0 Å². The fourth-order valence-corrected chi connectivity index (χ4v) is 3.91. The van der Waals surface area contributed by atoms with Crippen molar-refractivity contribution in [2.45, 2.75) is 57.9 Å². The summed E-state index contributed by atoms with van der Waals surface area (Å²) in [5.74, 6) is -0.134. The quantitative estimate of drug-likeness (QED) is 0.335. The Morgan fingerprint density at radius 3 is 2.21 bits per heavy atom. The molecule has 6 nitrogen and oxygen atoms in total. The summed E-state index contributed by atoms with van der Waals surface area (Å²) < 4.78 is 50.1. The van der Waals surface area contributed by atoms with Crippen LogP contribution in [0.1, 0.15) is 56.7 Å². The topological polar surface area (TPSA) is 81.5 Å². The van der Waals surface area contributed by atoms with Gasteiger partial charge in [0.2, 0.25) is 0 Å². The number of unbranched alkanes of at least 4 members (excludes halogenated alkanes) is 1. The Morgan fingerprint density at radius 2 is 1.65 bits per heavy atom. The monoisotopic (exact) mass is 494 g/mol. The van der Waals surface area contributed by atoms with E-state index in [1.807, 2.05) is 0 Å². The van der Waals surface area contributed by atoms with Crippen LogP contribution in [0.15, 0.2) is 48.5 Å². The number of carbonyl (C=O) groups is 1. The molecule has 0 aliphatic heterocycles. The largest absolute Gasteiger partial charge is 0.483 e. The molecular formula is C24H25F3N2O4S. The Hall–Kier alpha value is -3.14. The Bertz CT molecular complexity index is 1100. The third-order valence-electron chi connectivity index (χ3n) is 4.99. The molecule has 3 aromatic rings. The first-order valence-electron chi connectivity index (χ1n) is 10.7. The van der Waals surface area contributed by atoms with Crippen LogP contribution < -0.4 is 9.47 Å². The first kappa shape index (κ1) is 25.5. The summed E-state index contributed by atoms with van der Waals surface area (Å²) in [6.07, 6.45) is -2.27. The van der Waals surface area contributed by atoms with E-state index in [1.165, 1.54) is 37.3 Å². The second-order valence-corrected chi connectivity index (χ2v) is 9.17. The number of ether oxygens (including phenoxy) is 2. The lowest BCUT2D eigenvalue weighted by Gasteiger charge is -2.22. The van der Waals surface area contributed by atoms with Gasteiger partial charge in [-0.3, -0.25) is 0 Å². The summed E-state index contributed by atoms with van der Waals surface area (Å²) >= 11 is 1.27. The smallest absolute Gasteiger partial charge is 0.416 e. The van der Waals surface area contributed by atoms with Crippen LogP contribution in [-0.4, -0.2) is 26.9 Å². The minimum absolute atomic E-state index is 0.386. The standard InChI is InChI=1S/C24H25F3N2O4S/c1-4-5-6-19(32-17-11-13-18(14-12-17)33-23(2,3)22(30)31)21-29-28-20(34-21)15-7-9-16(10-8-15)24(25,26)27/h7-14,19H,4-6H2,1-3H3,(H,30,31). The van der Waals surface area contributed by atoms with Crippen molar-refractivity contribution in [3.8, 4) is 22.1 Å². The van der Waals surface area contributed by atoms with Crippen molar-refractivity contribution >= 4 is 17.3 Å². The summed E-state index contributed by atoms with van der Waals surface area (Å²) in [6.45, 7) is 4.98. The van der Waals surface area contributed by atoms with Crippen molar-refractivity contribution in [2.75, 3.05) is 0 Å². The molecule has 0 spiro atoms. The van der Waals surface area contributed by atoms with Crippen LogP contribution in [0.4, 0.5) is 13.2 Å². The number of carboxylic acid groups (broad SMARTS) is 1. The molecule has 10 heteroatoms. The number of hydrogen-bond donors (Lipinski definition) is 1. The molecule has 1 atom stereocenters. The molecule has 0 saturated heterocycles. The molecule has 0 fully saturated rings. The van der Waals surface area contributed by atoms with E-state index in [0.29, 0.717) is 33.5 Å². The number of carboxylic acids is 1. The average Bonchev–Trinajstić information content (AvgIpc) is 3.27. The zero-order valence-electron chi connectivity index (χ0n) is 18.9. The van der Waals surface area contributed by atoms with Gasteiger partial charge >= 0.3 is 12.1 Å². The first-order valence-corrected chi connectivity index (χ1v) is 11.5. The predicted octanol–water partition coefficient (Wildman–Crippen LogP) is 6.78. The molecule has 1 N–H and O–H groups in total. The third kappa shape index (κ3) is 6.47. The maximum Gasteiger partial charge on any atom is 0.416 e. The van der Waals surface area contributed by atoms with E-state index in [1.54, 1.807) is 24.3 Å². The average molecular weight is 495 g/mol. The minimum Gasteiger partial charge on any atom is -0.483 e. The van der Waals surface area contributed by atoms with Gasteiger partial charge in [0.05, 0.1) is 5.56 Å². The van der Waals surface area contributed by atoms with Crippen LogP contribution in [0.5, 0.6) is 11.5 Å². The number of hydrogen-bond acceptors (Lipinski definition) is 6. The Morgan fingerprint density at radius 1 is 1.03 bits per heavy atom. The molecule has 0 saturated carbocycles. The summed E-state index contributed by atoms with van der Waals surface area (Å²) in [4.78, 5) is 11.2. The highest BCUT2D eigenvalue weighted by atomic mass is 32.1. The van der Waals surface area contributed by atoms with Crippen LogP contribution in [-0.2, 0) is 11.0 Å². The van der Waals surface area contributed by atoms with Crippen molar-refractivity contribution in [3.05, 3.63) is 59.1 Å². The molecule has 2 aromatic carbocycles. The van der Waals surface area contributed by atoms with E-state index < -0.39 is 23.3 Å². The van der Waals surface area contributed by atoms with E-state index in [4.69, 9.17) is 9.47 Å². The number of nitrogens with zero attached hydrogens (tertiary/aromatic N) is 2. The van der Waals surface area contributed by atoms with Gasteiger partial charge in [0.1, 0.15) is 16.5 Å². The Kier molecular flexibility index (Phi) is 7.81. The lowest BCUT2D eigenvalue weighted by atomic mass is 10.1. The molecule has 1 heterocycles. The van der Waals surface area contributed by atoms with Crippen molar-refractivity contribution < 1.29 is 32.5 Å². The Balaban J connectivity index is 1.75. The molecule has 0 radical (unpaired) electrons. The first-order chi connectivity index (χ1) is 16.0. The van der Waals surface area contributed by atoms with Crippen molar-refractivity contribution in [2.24, 2.45) is 0 Å². The summed E-state index contributed by atoms with van der Waals surface area (Å²) in [5.41, 5.74) is -1.54. The van der Waals surface area contributed by atoms with Crippen LogP contribution >= 0.6 is 11.3 Å². The molecule has 3 rings (SSSR count). The molecule has 1 unspecified atom stereocenters. The molecule has 0 aliphatic rings. The van der Waals surface area contributed by atoms with Crippen molar-refractivity contribution in [1.29, 1.82) is 0 Å². The van der Waals surface area contributed by atoms with Gasteiger partial charge in [-0.05, 0) is 63.1 Å². The number of rotatable bonds is 10. The number of aromatic nitrogens is 2. The van der Waals surface area contributed by atoms with Gasteiger partial charge in [-0.25, -0.2) is 4.79 Å². The predicted molar refractivity (Wildman–Crippen MR) is 122 cm³/mol. The highest BCUT2D eigenvalue weighted by Crippen LogP contribution is 2.35. The van der Waals surface area contributed by atoms with Crippen LogP contribution in [0.25, 0.3) is 10.6 Å². The fourth-order valence-electron chi connectivity index (χ4n) is 2.99. The second-order valence-electron chi connectivity index (χ2n) is 8.16. The fraction of sp³-hybridized carbons (Fsp3) is 0.375. The molecule has 0 aliphatic carbocycles. The summed E-state index contributed by atoms with van der Waals surface area (Å²) in [7, 11) is 0. The van der Waals surface area contributed by atoms with Gasteiger partial charge in [-0.1, -0.05) is 36.8 Å². The molecule has 0 amide bonds. The van der Waals surface area contributed by atoms with E-state index in [2.05, 4.69) is 17.1 Å². The van der Waals surface area contributed by atoms with E-state index in [-0.39, 0.29) is 6.10 Å². The van der Waals surface area contributed by atoms with Crippen LogP contribution in [0.3, 0.4) is 0 Å². The molecule has 34 heavy (non-hydrogen) atoms. The zero-order valence-corrected chi connectivity index (χ0v) is 19.7. The van der Waals surface area contributed by atoms with E-state index in [0.717, 1.165) is 25.0 Å². The highest BCUT2D eigenvalue weighted by Gasteiger charge is 2.31. The lowest BCUT2D eigenvalue weighted by molar-refractivity contribution is -0.152. The Labute approximate surface area is 199 Å². The second kappa shape index (κ2) is 10.4. The maximum atomic E-state index is 12.8. The number of benzene rings is 2. The molecule has 182 valence electrons. The van der Waals surface area contributed by atoms with Gasteiger partial charge in [0.15, 0.2) is 16.7 Å². The third-order valence-corrected chi connectivity index (χ3v) is 6.05. The number of alkyl halides is 3. The minimum atomic E-state index is -4.39.